The highest BCUT2D eigenvalue weighted by molar-refractivity contribution is 4.90. The van der Waals surface area contributed by atoms with Crippen LogP contribution in [0.2, 0.25) is 0 Å². The second-order valence-corrected chi connectivity index (χ2v) is 4.75. The minimum atomic E-state index is -0.296. The van der Waals surface area contributed by atoms with Crippen LogP contribution in [-0.2, 0) is 0 Å². The molecule has 2 rings (SSSR count). The van der Waals surface area contributed by atoms with Crippen LogP contribution in [0.5, 0.6) is 0 Å². The van der Waals surface area contributed by atoms with Gasteiger partial charge in [-0.1, -0.05) is 12.8 Å². The maximum absolute atomic E-state index is 10.1. The molecule has 14 heavy (non-hydrogen) atoms. The van der Waals surface area contributed by atoms with Gasteiger partial charge in [0.1, 0.15) is 0 Å². The predicted octanol–water partition coefficient (Wildman–Crippen LogP) is 0.713. The van der Waals surface area contributed by atoms with Gasteiger partial charge in [-0.05, 0) is 38.8 Å². The molecule has 0 aromatic rings. The lowest BCUT2D eigenvalue weighted by atomic mass is 10.0. The van der Waals surface area contributed by atoms with Gasteiger partial charge < -0.3 is 10.8 Å². The molecule has 82 valence electrons. The number of hydrogen-bond acceptors (Lipinski definition) is 3. The van der Waals surface area contributed by atoms with Gasteiger partial charge >= 0.3 is 0 Å². The van der Waals surface area contributed by atoms with Crippen LogP contribution >= 0.6 is 0 Å². The monoisotopic (exact) mass is 198 g/mol. The minimum Gasteiger partial charge on any atom is -0.390 e. The van der Waals surface area contributed by atoms with Gasteiger partial charge in [0.05, 0.1) is 6.10 Å². The first-order valence-electron chi connectivity index (χ1n) is 5.97. The zero-order valence-electron chi connectivity index (χ0n) is 8.86. The number of rotatable bonds is 1. The van der Waals surface area contributed by atoms with E-state index in [0.717, 1.165) is 25.9 Å². The Kier molecular flexibility index (Phi) is 3.42. The van der Waals surface area contributed by atoms with E-state index in [9.17, 15) is 5.11 Å². The Morgan fingerprint density at radius 3 is 2.36 bits per heavy atom. The highest BCUT2D eigenvalue weighted by Gasteiger charge is 2.32. The van der Waals surface area contributed by atoms with Crippen molar-refractivity contribution in [3.63, 3.8) is 0 Å². The number of aliphatic hydroxyl groups is 1. The largest absolute Gasteiger partial charge is 0.390 e. The van der Waals surface area contributed by atoms with Crippen molar-refractivity contribution < 1.29 is 5.11 Å². The van der Waals surface area contributed by atoms with Gasteiger partial charge in [0, 0.05) is 12.1 Å². The normalized spacial score (nSPS) is 41.1. The van der Waals surface area contributed by atoms with Crippen LogP contribution in [0.4, 0.5) is 0 Å². The van der Waals surface area contributed by atoms with Gasteiger partial charge in [0.15, 0.2) is 0 Å². The number of nitrogens with two attached hydrogens (primary N) is 1. The molecule has 0 bridgehead atoms. The second kappa shape index (κ2) is 4.60. The van der Waals surface area contributed by atoms with Gasteiger partial charge in [-0.25, -0.2) is 0 Å². The standard InChI is InChI=1S/C11H22N2O/c12-9-5-1-2-6-10(11(9)14)13-7-3-4-8-13/h9-11,14H,1-8,12H2/t9-,10-,11-/m1/s1. The Hall–Kier alpha value is -0.120. The number of likely N-dealkylation sites (tertiary alicyclic amines) is 1. The first kappa shape index (κ1) is 10.4. The molecule has 1 heterocycles. The molecule has 0 unspecified atom stereocenters. The fraction of sp³-hybridized carbons (Fsp3) is 1.00. The summed E-state index contributed by atoms with van der Waals surface area (Å²) in [6.45, 7) is 2.32. The van der Waals surface area contributed by atoms with Crippen molar-refractivity contribution in [1.29, 1.82) is 0 Å². The van der Waals surface area contributed by atoms with Gasteiger partial charge in [-0.3, -0.25) is 4.90 Å². The van der Waals surface area contributed by atoms with Gasteiger partial charge in [0.2, 0.25) is 0 Å². The van der Waals surface area contributed by atoms with Crippen molar-refractivity contribution in [2.24, 2.45) is 5.73 Å². The summed E-state index contributed by atoms with van der Waals surface area (Å²) >= 11 is 0. The Bertz CT molecular complexity index is 180. The maximum atomic E-state index is 10.1. The van der Waals surface area contributed by atoms with Crippen molar-refractivity contribution >= 4 is 0 Å². The number of aliphatic hydroxyl groups excluding tert-OH is 1. The van der Waals surface area contributed by atoms with E-state index in [1.807, 2.05) is 0 Å². The van der Waals surface area contributed by atoms with E-state index in [-0.39, 0.29) is 12.1 Å². The molecule has 0 aromatic heterocycles. The lowest BCUT2D eigenvalue weighted by Gasteiger charge is -2.32. The fourth-order valence-electron chi connectivity index (χ4n) is 2.83. The minimum absolute atomic E-state index is 0.00287. The first-order chi connectivity index (χ1) is 6.79. The topological polar surface area (TPSA) is 49.5 Å². The third kappa shape index (κ3) is 2.10. The molecule has 3 atom stereocenters. The van der Waals surface area contributed by atoms with Crippen molar-refractivity contribution in [3.8, 4) is 0 Å². The van der Waals surface area contributed by atoms with Crippen LogP contribution in [0.25, 0.3) is 0 Å². The third-order valence-corrected chi connectivity index (χ3v) is 3.73. The van der Waals surface area contributed by atoms with Gasteiger partial charge in [0.25, 0.3) is 0 Å². The van der Waals surface area contributed by atoms with E-state index in [1.165, 1.54) is 25.7 Å². The summed E-state index contributed by atoms with van der Waals surface area (Å²) in [6.07, 6.45) is 6.82. The Balaban J connectivity index is 1.99. The number of nitrogens with zero attached hydrogens (tertiary/aromatic N) is 1. The molecule has 0 radical (unpaired) electrons. The van der Waals surface area contributed by atoms with Crippen LogP contribution in [0.1, 0.15) is 38.5 Å². The zero-order chi connectivity index (χ0) is 9.97. The fourth-order valence-corrected chi connectivity index (χ4v) is 2.83. The van der Waals surface area contributed by atoms with E-state index in [4.69, 9.17) is 5.73 Å². The SMILES string of the molecule is N[C@@H]1CCCC[C@@H](N2CCCC2)[C@@H]1O. The molecule has 0 aromatic carbocycles. The molecule has 0 amide bonds. The summed E-state index contributed by atoms with van der Waals surface area (Å²) in [7, 11) is 0. The average Bonchev–Trinajstić information content (AvgIpc) is 2.64. The van der Waals surface area contributed by atoms with Gasteiger partial charge in [-0.2, -0.15) is 0 Å². The Labute approximate surface area is 86.3 Å². The summed E-state index contributed by atoms with van der Waals surface area (Å²) in [5.41, 5.74) is 5.96. The van der Waals surface area contributed by atoms with Crippen LogP contribution in [0.3, 0.4) is 0 Å². The number of hydrogen-bond donors (Lipinski definition) is 2. The second-order valence-electron chi connectivity index (χ2n) is 4.75. The molecule has 2 fully saturated rings. The summed E-state index contributed by atoms with van der Waals surface area (Å²) in [5.74, 6) is 0. The van der Waals surface area contributed by atoms with Crippen molar-refractivity contribution in [2.75, 3.05) is 13.1 Å². The molecule has 1 aliphatic carbocycles. The molecular weight excluding hydrogens is 176 g/mol. The van der Waals surface area contributed by atoms with E-state index < -0.39 is 0 Å². The van der Waals surface area contributed by atoms with Crippen molar-refractivity contribution in [2.45, 2.75) is 56.7 Å². The summed E-state index contributed by atoms with van der Waals surface area (Å²) in [4.78, 5) is 2.44. The van der Waals surface area contributed by atoms with Crippen LogP contribution < -0.4 is 5.73 Å². The van der Waals surface area contributed by atoms with Crippen LogP contribution in [0.15, 0.2) is 0 Å². The van der Waals surface area contributed by atoms with Crippen LogP contribution in [0, 0.1) is 0 Å². The molecule has 1 saturated carbocycles. The summed E-state index contributed by atoms with van der Waals surface area (Å²) in [6, 6.07) is 0.345. The van der Waals surface area contributed by atoms with Crippen molar-refractivity contribution in [1.82, 2.24) is 4.90 Å². The molecule has 3 nitrogen and oxygen atoms in total. The molecule has 1 aliphatic heterocycles. The molecule has 3 N–H and O–H groups in total. The molecule has 3 heteroatoms. The van der Waals surface area contributed by atoms with E-state index in [0.29, 0.717) is 6.04 Å². The first-order valence-corrected chi connectivity index (χ1v) is 5.97. The predicted molar refractivity (Wildman–Crippen MR) is 57.0 cm³/mol. The Morgan fingerprint density at radius 2 is 1.64 bits per heavy atom. The van der Waals surface area contributed by atoms with E-state index >= 15 is 0 Å². The maximum Gasteiger partial charge on any atom is 0.0845 e. The lowest BCUT2D eigenvalue weighted by Crippen LogP contribution is -2.49. The van der Waals surface area contributed by atoms with Crippen LogP contribution in [-0.4, -0.2) is 41.3 Å². The average molecular weight is 198 g/mol. The summed E-state index contributed by atoms with van der Waals surface area (Å²) in [5, 5.41) is 10.1. The quantitative estimate of drug-likeness (QED) is 0.610. The lowest BCUT2D eigenvalue weighted by molar-refractivity contribution is 0.0449. The molecule has 0 spiro atoms. The summed E-state index contributed by atoms with van der Waals surface area (Å²) < 4.78 is 0. The third-order valence-electron chi connectivity index (χ3n) is 3.73. The molecule has 1 saturated heterocycles. The van der Waals surface area contributed by atoms with Crippen molar-refractivity contribution in [3.05, 3.63) is 0 Å². The van der Waals surface area contributed by atoms with E-state index in [1.54, 1.807) is 0 Å². The smallest absolute Gasteiger partial charge is 0.0845 e. The van der Waals surface area contributed by atoms with E-state index in [2.05, 4.69) is 4.90 Å². The van der Waals surface area contributed by atoms with Gasteiger partial charge in [-0.15, -0.1) is 0 Å². The highest BCUT2D eigenvalue weighted by atomic mass is 16.3. The Morgan fingerprint density at radius 1 is 1.00 bits per heavy atom. The molecule has 2 aliphatic rings. The zero-order valence-corrected chi connectivity index (χ0v) is 8.86. The highest BCUT2D eigenvalue weighted by Crippen LogP contribution is 2.24. The molecular formula is C11H22N2O.